The van der Waals surface area contributed by atoms with Crippen molar-refractivity contribution >= 4 is 25.8 Å². The molecule has 0 aromatic heterocycles. The molecule has 3 rings (SSSR count). The molecule has 11 nitrogen and oxygen atoms in total. The van der Waals surface area contributed by atoms with E-state index in [0.29, 0.717) is 55.8 Å². The van der Waals surface area contributed by atoms with Gasteiger partial charge in [0.25, 0.3) is 0 Å². The Bertz CT molecular complexity index is 865. The fraction of sp³-hybridized carbons (Fsp3) is 0.958. The van der Waals surface area contributed by atoms with E-state index in [1.54, 1.807) is 9.21 Å². The summed E-state index contributed by atoms with van der Waals surface area (Å²) in [6.45, 7) is 20.1. The average Bonchev–Trinajstić information content (AvgIpc) is 2.83. The number of aliphatic hydroxyl groups excluding tert-OH is 1. The Morgan fingerprint density at radius 3 is 1.38 bits per heavy atom. The maximum atomic E-state index is 11.2. The van der Waals surface area contributed by atoms with Gasteiger partial charge < -0.3 is 10.0 Å². The Labute approximate surface area is 225 Å². The number of nitrogens with zero attached hydrogens (tertiary/aromatic N) is 5. The minimum atomic E-state index is -2.97. The minimum absolute atomic E-state index is 0.150. The smallest absolute Gasteiger partial charge is 0.248 e. The molecule has 0 bridgehead atoms. The number of hydrogen-bond donors (Lipinski definition) is 1. The molecule has 220 valence electrons. The summed E-state index contributed by atoms with van der Waals surface area (Å²) in [5.41, 5.74) is 0. The molecule has 37 heavy (non-hydrogen) atoms. The third kappa shape index (κ3) is 12.7. The van der Waals surface area contributed by atoms with E-state index < -0.39 is 19.9 Å². The molecule has 13 heteroatoms. The van der Waals surface area contributed by atoms with Gasteiger partial charge in [-0.2, -0.15) is 4.31 Å². The molecular formula is C24H51N5O6S2. The van der Waals surface area contributed by atoms with Crippen LogP contribution in [0.25, 0.3) is 0 Å². The molecule has 0 spiro atoms. The molecule has 3 saturated heterocycles. The van der Waals surface area contributed by atoms with E-state index in [1.165, 1.54) is 6.26 Å². The second-order valence-corrected chi connectivity index (χ2v) is 15.0. The topological polar surface area (TPSA) is 122 Å². The predicted molar refractivity (Wildman–Crippen MR) is 149 cm³/mol. The highest BCUT2D eigenvalue weighted by Gasteiger charge is 2.25. The molecule has 3 fully saturated rings. The van der Waals surface area contributed by atoms with Gasteiger partial charge in [-0.15, -0.1) is 0 Å². The van der Waals surface area contributed by atoms with Gasteiger partial charge >= 0.3 is 0 Å². The third-order valence-electron chi connectivity index (χ3n) is 7.11. The highest BCUT2D eigenvalue weighted by atomic mass is 32.2. The molecule has 0 aromatic rings. The lowest BCUT2D eigenvalue weighted by molar-refractivity contribution is -0.136. The Hall–Kier alpha value is -0.830. The molecule has 0 atom stereocenters. The van der Waals surface area contributed by atoms with Gasteiger partial charge in [0.05, 0.1) is 17.8 Å². The van der Waals surface area contributed by atoms with Crippen LogP contribution in [0, 0.1) is 0 Å². The molecule has 0 aliphatic carbocycles. The molecule has 0 radical (unpaired) electrons. The van der Waals surface area contributed by atoms with Crippen molar-refractivity contribution in [3.8, 4) is 0 Å². The number of hydrogen-bond acceptors (Lipinski definition) is 9. The highest BCUT2D eigenvalue weighted by molar-refractivity contribution is 7.91. The third-order valence-corrected chi connectivity index (χ3v) is 10.0. The van der Waals surface area contributed by atoms with Crippen molar-refractivity contribution in [1.29, 1.82) is 0 Å². The molecule has 1 amide bonds. The quantitative estimate of drug-likeness (QED) is 0.473. The second kappa shape index (κ2) is 15.7. The molecule has 3 aliphatic rings. The van der Waals surface area contributed by atoms with Crippen LogP contribution in [0.1, 0.15) is 41.5 Å². The first-order valence-corrected chi connectivity index (χ1v) is 17.0. The summed E-state index contributed by atoms with van der Waals surface area (Å²) in [5, 5.41) is 8.66. The second-order valence-electron chi connectivity index (χ2n) is 10.7. The van der Waals surface area contributed by atoms with E-state index in [-0.39, 0.29) is 12.5 Å². The Balaban J connectivity index is 0.000000279. The standard InChI is InChI=1S/C9H18N2O2.C8H18N2O2S.C7H15NO2S/c1-8(2)10-3-5-11(6-4-10)9(13)7-12;1-8(2)9-4-6-10(7-5-9)13(3,11)12;1-7(2)8-3-5-11(9,10)6-4-8/h8,12H,3-7H2,1-2H3;8H,4-7H2,1-3H3;7H,3-6H2,1-2H3. The first-order chi connectivity index (χ1) is 17.1. The lowest BCUT2D eigenvalue weighted by Crippen LogP contribution is -2.51. The Morgan fingerprint density at radius 2 is 1.05 bits per heavy atom. The number of carbonyl (C=O) groups is 1. The fourth-order valence-electron chi connectivity index (χ4n) is 4.38. The first-order valence-electron chi connectivity index (χ1n) is 13.3. The molecule has 1 N–H and O–H groups in total. The minimum Gasteiger partial charge on any atom is -0.387 e. The lowest BCUT2D eigenvalue weighted by atomic mass is 10.2. The normalized spacial score (nSPS) is 22.4. The summed E-state index contributed by atoms with van der Waals surface area (Å²) in [5.74, 6) is 0.527. The van der Waals surface area contributed by atoms with E-state index in [9.17, 15) is 21.6 Å². The van der Waals surface area contributed by atoms with Crippen LogP contribution in [-0.2, 0) is 24.7 Å². The van der Waals surface area contributed by atoms with Crippen LogP contribution in [0.5, 0.6) is 0 Å². The van der Waals surface area contributed by atoms with Gasteiger partial charge in [-0.3, -0.25) is 19.5 Å². The van der Waals surface area contributed by atoms with Gasteiger partial charge in [-0.05, 0) is 41.5 Å². The van der Waals surface area contributed by atoms with Crippen LogP contribution in [0.4, 0.5) is 0 Å². The van der Waals surface area contributed by atoms with Crippen LogP contribution in [0.3, 0.4) is 0 Å². The number of carbonyl (C=O) groups excluding carboxylic acids is 1. The van der Waals surface area contributed by atoms with Crippen molar-refractivity contribution in [3.63, 3.8) is 0 Å². The molecule has 3 aliphatic heterocycles. The maximum Gasteiger partial charge on any atom is 0.248 e. The van der Waals surface area contributed by atoms with E-state index in [0.717, 1.165) is 39.3 Å². The van der Waals surface area contributed by atoms with Crippen molar-refractivity contribution in [2.45, 2.75) is 59.7 Å². The van der Waals surface area contributed by atoms with Crippen molar-refractivity contribution in [1.82, 2.24) is 23.9 Å². The summed E-state index contributed by atoms with van der Waals surface area (Å²) < 4.78 is 45.9. The maximum absolute atomic E-state index is 11.2. The molecule has 0 unspecified atom stereocenters. The van der Waals surface area contributed by atoms with Gasteiger partial charge in [0.2, 0.25) is 15.9 Å². The summed E-state index contributed by atoms with van der Waals surface area (Å²) in [4.78, 5) is 19.6. The zero-order valence-corrected chi connectivity index (χ0v) is 25.6. The van der Waals surface area contributed by atoms with E-state index in [1.807, 2.05) is 0 Å². The van der Waals surface area contributed by atoms with Gasteiger partial charge in [0, 0.05) is 83.6 Å². The zero-order valence-electron chi connectivity index (χ0n) is 24.0. The SMILES string of the molecule is CC(C)N1CCN(C(=O)CO)CC1.CC(C)N1CCN(S(C)(=O)=O)CC1.CC(C)N1CCS(=O)(=O)CC1. The van der Waals surface area contributed by atoms with Crippen LogP contribution < -0.4 is 0 Å². The van der Waals surface area contributed by atoms with Gasteiger partial charge in [0.15, 0.2) is 9.84 Å². The molecule has 0 saturated carbocycles. The van der Waals surface area contributed by atoms with Gasteiger partial charge in [0.1, 0.15) is 6.61 Å². The summed E-state index contributed by atoms with van der Waals surface area (Å²) in [7, 11) is -5.66. The monoisotopic (exact) mass is 569 g/mol. The Kier molecular flexibility index (Phi) is 14.5. The summed E-state index contributed by atoms with van der Waals surface area (Å²) >= 11 is 0. The average molecular weight is 570 g/mol. The van der Waals surface area contributed by atoms with E-state index >= 15 is 0 Å². The molecular weight excluding hydrogens is 518 g/mol. The largest absolute Gasteiger partial charge is 0.387 e. The van der Waals surface area contributed by atoms with Crippen LogP contribution in [-0.4, -0.2) is 160 Å². The van der Waals surface area contributed by atoms with Crippen molar-refractivity contribution in [2.24, 2.45) is 0 Å². The zero-order chi connectivity index (χ0) is 28.4. The van der Waals surface area contributed by atoms with Crippen molar-refractivity contribution in [2.75, 3.05) is 89.8 Å². The van der Waals surface area contributed by atoms with Crippen molar-refractivity contribution in [3.05, 3.63) is 0 Å². The number of sulfone groups is 1. The summed E-state index contributed by atoms with van der Waals surface area (Å²) in [6, 6.07) is 1.54. The van der Waals surface area contributed by atoms with Crippen LogP contribution in [0.2, 0.25) is 0 Å². The van der Waals surface area contributed by atoms with E-state index in [4.69, 9.17) is 5.11 Å². The predicted octanol–water partition coefficient (Wildman–Crippen LogP) is -0.371. The first kappa shape index (κ1) is 34.2. The van der Waals surface area contributed by atoms with Crippen LogP contribution >= 0.6 is 0 Å². The Morgan fingerprint density at radius 1 is 0.703 bits per heavy atom. The van der Waals surface area contributed by atoms with E-state index in [2.05, 4.69) is 56.2 Å². The molecule has 0 aromatic carbocycles. The molecule has 3 heterocycles. The fourth-order valence-corrected chi connectivity index (χ4v) is 6.44. The van der Waals surface area contributed by atoms with Crippen LogP contribution in [0.15, 0.2) is 0 Å². The van der Waals surface area contributed by atoms with Gasteiger partial charge in [-0.1, -0.05) is 0 Å². The number of piperazine rings is 2. The number of amides is 1. The van der Waals surface area contributed by atoms with Gasteiger partial charge in [-0.25, -0.2) is 16.8 Å². The highest BCUT2D eigenvalue weighted by Crippen LogP contribution is 2.09. The lowest BCUT2D eigenvalue weighted by Gasteiger charge is -2.36. The number of sulfonamides is 1. The number of aliphatic hydroxyl groups is 1. The number of rotatable bonds is 5. The summed E-state index contributed by atoms with van der Waals surface area (Å²) in [6.07, 6.45) is 1.28. The van der Waals surface area contributed by atoms with Crippen molar-refractivity contribution < 1.29 is 26.7 Å².